The fourth-order valence-electron chi connectivity index (χ4n) is 2.88. The van der Waals surface area contributed by atoms with Crippen molar-refractivity contribution >= 4 is 0 Å². The monoisotopic (exact) mass is 212 g/mol. The predicted molar refractivity (Wildman–Crippen MR) is 62.0 cm³/mol. The maximum atomic E-state index is 5.75. The normalized spacial score (nSPS) is 39.2. The molecule has 0 aromatic carbocycles. The number of hydrogen-bond acceptors (Lipinski definition) is 3. The fraction of sp³-hybridized carbons (Fsp3) is 1.00. The van der Waals surface area contributed by atoms with Crippen molar-refractivity contribution in [3.8, 4) is 0 Å². The number of ether oxygens (including phenoxy) is 1. The fourth-order valence-corrected chi connectivity index (χ4v) is 2.88. The molecule has 0 aliphatic carbocycles. The van der Waals surface area contributed by atoms with Gasteiger partial charge in [-0.2, -0.15) is 0 Å². The van der Waals surface area contributed by atoms with Gasteiger partial charge in [0.05, 0.1) is 12.2 Å². The Balaban J connectivity index is 1.77. The molecule has 2 fully saturated rings. The number of hydrogen-bond donors (Lipinski definition) is 1. The minimum atomic E-state index is 0.408. The Morgan fingerprint density at radius 1 is 1.27 bits per heavy atom. The molecule has 2 aliphatic rings. The molecule has 15 heavy (non-hydrogen) atoms. The average Bonchev–Trinajstić information content (AvgIpc) is 2.17. The first-order chi connectivity index (χ1) is 7.24. The zero-order valence-corrected chi connectivity index (χ0v) is 10.0. The third kappa shape index (κ3) is 3.44. The molecule has 0 bridgehead atoms. The third-order valence-corrected chi connectivity index (χ3v) is 3.41. The van der Waals surface area contributed by atoms with E-state index in [1.165, 1.54) is 32.5 Å². The van der Waals surface area contributed by atoms with Gasteiger partial charge in [-0.25, -0.2) is 0 Å². The largest absolute Gasteiger partial charge is 0.373 e. The molecule has 3 nitrogen and oxygen atoms in total. The summed E-state index contributed by atoms with van der Waals surface area (Å²) in [7, 11) is 0. The van der Waals surface area contributed by atoms with Gasteiger partial charge in [0, 0.05) is 19.6 Å². The number of nitrogens with zero attached hydrogens (tertiary/aromatic N) is 1. The summed E-state index contributed by atoms with van der Waals surface area (Å²) in [5.74, 6) is 0.858. The van der Waals surface area contributed by atoms with Crippen molar-refractivity contribution in [2.24, 2.45) is 5.92 Å². The second-order valence-corrected chi connectivity index (χ2v) is 5.19. The van der Waals surface area contributed by atoms with Crippen LogP contribution in [0.4, 0.5) is 0 Å². The topological polar surface area (TPSA) is 24.5 Å². The van der Waals surface area contributed by atoms with Gasteiger partial charge in [0.25, 0.3) is 0 Å². The highest BCUT2D eigenvalue weighted by Crippen LogP contribution is 2.16. The smallest absolute Gasteiger partial charge is 0.0678 e. The first kappa shape index (κ1) is 11.4. The van der Waals surface area contributed by atoms with E-state index in [1.807, 2.05) is 0 Å². The van der Waals surface area contributed by atoms with Gasteiger partial charge in [-0.15, -0.1) is 0 Å². The van der Waals surface area contributed by atoms with Gasteiger partial charge in [-0.3, -0.25) is 4.90 Å². The van der Waals surface area contributed by atoms with Crippen LogP contribution in [0.2, 0.25) is 0 Å². The number of piperidine rings is 1. The molecule has 0 aromatic rings. The number of rotatable bonds is 2. The maximum absolute atomic E-state index is 5.75. The molecule has 2 saturated heterocycles. The van der Waals surface area contributed by atoms with Crippen LogP contribution in [0.5, 0.6) is 0 Å². The molecule has 88 valence electrons. The molecule has 3 unspecified atom stereocenters. The Hall–Kier alpha value is -0.120. The lowest BCUT2D eigenvalue weighted by Gasteiger charge is -2.38. The molecule has 0 aromatic heterocycles. The van der Waals surface area contributed by atoms with Gasteiger partial charge in [0.15, 0.2) is 0 Å². The van der Waals surface area contributed by atoms with Gasteiger partial charge in [0.1, 0.15) is 0 Å². The Kier molecular flexibility index (Phi) is 4.00. The molecule has 2 aliphatic heterocycles. The Bertz CT molecular complexity index is 182. The van der Waals surface area contributed by atoms with Gasteiger partial charge in [0.2, 0.25) is 0 Å². The van der Waals surface area contributed by atoms with Crippen molar-refractivity contribution in [3.05, 3.63) is 0 Å². The summed E-state index contributed by atoms with van der Waals surface area (Å²) in [6, 6.07) is 0. The molecule has 2 rings (SSSR count). The second kappa shape index (κ2) is 5.28. The summed E-state index contributed by atoms with van der Waals surface area (Å²) in [6.07, 6.45) is 3.56. The summed E-state index contributed by atoms with van der Waals surface area (Å²) < 4.78 is 5.75. The SMILES string of the molecule is CC1CN(CC2CCCNC2)CC(C)O1. The van der Waals surface area contributed by atoms with Crippen LogP contribution in [-0.4, -0.2) is 49.8 Å². The van der Waals surface area contributed by atoms with Crippen LogP contribution in [0.3, 0.4) is 0 Å². The van der Waals surface area contributed by atoms with Crippen LogP contribution >= 0.6 is 0 Å². The van der Waals surface area contributed by atoms with Crippen molar-refractivity contribution in [1.82, 2.24) is 10.2 Å². The predicted octanol–water partition coefficient (Wildman–Crippen LogP) is 1.10. The van der Waals surface area contributed by atoms with Crippen molar-refractivity contribution in [2.75, 3.05) is 32.7 Å². The average molecular weight is 212 g/mol. The molecule has 0 saturated carbocycles. The van der Waals surface area contributed by atoms with Crippen molar-refractivity contribution in [1.29, 1.82) is 0 Å². The van der Waals surface area contributed by atoms with E-state index in [1.54, 1.807) is 0 Å². The molecule has 2 heterocycles. The zero-order chi connectivity index (χ0) is 10.7. The Labute approximate surface area is 93.2 Å². The van der Waals surface area contributed by atoms with Crippen molar-refractivity contribution < 1.29 is 4.74 Å². The van der Waals surface area contributed by atoms with Gasteiger partial charge in [-0.1, -0.05) is 0 Å². The minimum Gasteiger partial charge on any atom is -0.373 e. The van der Waals surface area contributed by atoms with Gasteiger partial charge >= 0.3 is 0 Å². The van der Waals surface area contributed by atoms with Crippen LogP contribution in [0.25, 0.3) is 0 Å². The molecule has 3 atom stereocenters. The van der Waals surface area contributed by atoms with E-state index < -0.39 is 0 Å². The van der Waals surface area contributed by atoms with Crippen LogP contribution in [0.15, 0.2) is 0 Å². The summed E-state index contributed by atoms with van der Waals surface area (Å²) in [4.78, 5) is 2.58. The van der Waals surface area contributed by atoms with E-state index in [0.29, 0.717) is 12.2 Å². The molecular formula is C12H24N2O. The first-order valence-corrected chi connectivity index (χ1v) is 6.32. The third-order valence-electron chi connectivity index (χ3n) is 3.41. The lowest BCUT2D eigenvalue weighted by Crippen LogP contribution is -2.48. The zero-order valence-electron chi connectivity index (χ0n) is 10.0. The van der Waals surface area contributed by atoms with Crippen molar-refractivity contribution in [3.63, 3.8) is 0 Å². The molecule has 1 N–H and O–H groups in total. The lowest BCUT2D eigenvalue weighted by atomic mass is 9.98. The van der Waals surface area contributed by atoms with E-state index in [-0.39, 0.29) is 0 Å². The molecule has 0 spiro atoms. The van der Waals surface area contributed by atoms with Crippen LogP contribution in [0, 0.1) is 5.92 Å². The van der Waals surface area contributed by atoms with Crippen LogP contribution in [-0.2, 0) is 4.74 Å². The summed E-state index contributed by atoms with van der Waals surface area (Å²) >= 11 is 0. The van der Waals surface area contributed by atoms with E-state index >= 15 is 0 Å². The van der Waals surface area contributed by atoms with E-state index in [4.69, 9.17) is 4.74 Å². The molecule has 3 heteroatoms. The molecule has 0 radical (unpaired) electrons. The molecule has 0 amide bonds. The molecular weight excluding hydrogens is 188 g/mol. The van der Waals surface area contributed by atoms with Gasteiger partial charge < -0.3 is 10.1 Å². The number of nitrogens with one attached hydrogen (secondary N) is 1. The van der Waals surface area contributed by atoms with Crippen molar-refractivity contribution in [2.45, 2.75) is 38.9 Å². The first-order valence-electron chi connectivity index (χ1n) is 6.32. The highest BCUT2D eigenvalue weighted by Gasteiger charge is 2.24. The highest BCUT2D eigenvalue weighted by molar-refractivity contribution is 4.78. The lowest BCUT2D eigenvalue weighted by molar-refractivity contribution is -0.0720. The summed E-state index contributed by atoms with van der Waals surface area (Å²) in [5, 5.41) is 3.49. The highest BCUT2D eigenvalue weighted by atomic mass is 16.5. The van der Waals surface area contributed by atoms with Gasteiger partial charge in [-0.05, 0) is 45.7 Å². The Morgan fingerprint density at radius 3 is 2.60 bits per heavy atom. The Morgan fingerprint density at radius 2 is 2.00 bits per heavy atom. The number of morpholine rings is 1. The minimum absolute atomic E-state index is 0.408. The van der Waals surface area contributed by atoms with Crippen LogP contribution in [0.1, 0.15) is 26.7 Å². The maximum Gasteiger partial charge on any atom is 0.0678 e. The van der Waals surface area contributed by atoms with E-state index in [0.717, 1.165) is 19.0 Å². The van der Waals surface area contributed by atoms with E-state index in [2.05, 4.69) is 24.1 Å². The van der Waals surface area contributed by atoms with E-state index in [9.17, 15) is 0 Å². The summed E-state index contributed by atoms with van der Waals surface area (Å²) in [6.45, 7) is 10.3. The van der Waals surface area contributed by atoms with Crippen LogP contribution < -0.4 is 5.32 Å². The summed E-state index contributed by atoms with van der Waals surface area (Å²) in [5.41, 5.74) is 0. The second-order valence-electron chi connectivity index (χ2n) is 5.19. The quantitative estimate of drug-likeness (QED) is 0.742. The standard InChI is InChI=1S/C12H24N2O/c1-10-7-14(8-11(2)15-10)9-12-4-3-5-13-6-12/h10-13H,3-9H2,1-2H3.